The molecule has 0 aliphatic heterocycles. The molecule has 0 spiro atoms. The Morgan fingerprint density at radius 1 is 1.19 bits per heavy atom. The first kappa shape index (κ1) is 17.5. The van der Waals surface area contributed by atoms with Gasteiger partial charge >= 0.3 is 0 Å². The van der Waals surface area contributed by atoms with Gasteiger partial charge in [0.1, 0.15) is 5.01 Å². The molecule has 26 heavy (non-hydrogen) atoms. The zero-order valence-corrected chi connectivity index (χ0v) is 16.3. The molecule has 0 saturated heterocycles. The molecule has 0 N–H and O–H groups in total. The molecule has 134 valence electrons. The molecule has 2 aromatic carbocycles. The second-order valence-electron chi connectivity index (χ2n) is 7.04. The Hall–Kier alpha value is -1.91. The maximum absolute atomic E-state index is 13.5. The molecular formula is C21H21ClN2OS. The summed E-state index contributed by atoms with van der Waals surface area (Å²) in [5.74, 6) is 0.177. The molecule has 3 nitrogen and oxygen atoms in total. The average Bonchev–Trinajstić information content (AvgIpc) is 3.28. The minimum Gasteiger partial charge on any atom is -0.338 e. The first-order valence-corrected chi connectivity index (χ1v) is 10.1. The van der Waals surface area contributed by atoms with E-state index in [1.54, 1.807) is 11.3 Å². The van der Waals surface area contributed by atoms with Gasteiger partial charge in [-0.2, -0.15) is 0 Å². The number of carbonyl (C=O) groups is 1. The molecule has 0 radical (unpaired) electrons. The normalized spacial score (nSPS) is 16.1. The van der Waals surface area contributed by atoms with Crippen LogP contribution in [0.3, 0.4) is 0 Å². The van der Waals surface area contributed by atoms with E-state index >= 15 is 0 Å². The number of amides is 1. The van der Waals surface area contributed by atoms with E-state index in [2.05, 4.69) is 11.1 Å². The second kappa shape index (κ2) is 7.01. The van der Waals surface area contributed by atoms with Gasteiger partial charge in [0.05, 0.1) is 22.2 Å². The van der Waals surface area contributed by atoms with Crippen LogP contribution in [0.2, 0.25) is 5.02 Å². The van der Waals surface area contributed by atoms with Crippen LogP contribution in [-0.2, 0) is 16.8 Å². The summed E-state index contributed by atoms with van der Waals surface area (Å²) in [7, 11) is 1.89. The van der Waals surface area contributed by atoms with Gasteiger partial charge < -0.3 is 4.90 Å². The van der Waals surface area contributed by atoms with Crippen LogP contribution in [0.1, 0.15) is 36.3 Å². The summed E-state index contributed by atoms with van der Waals surface area (Å²) in [6.45, 7) is 0.542. The Labute approximate surface area is 162 Å². The van der Waals surface area contributed by atoms with Crippen LogP contribution in [-0.4, -0.2) is 22.8 Å². The van der Waals surface area contributed by atoms with Gasteiger partial charge in [-0.05, 0) is 42.7 Å². The predicted molar refractivity (Wildman–Crippen MR) is 108 cm³/mol. The highest BCUT2D eigenvalue weighted by atomic mass is 35.5. The Bertz CT molecular complexity index is 913. The van der Waals surface area contributed by atoms with Gasteiger partial charge in [0.2, 0.25) is 5.91 Å². The van der Waals surface area contributed by atoms with Crippen molar-refractivity contribution in [3.05, 3.63) is 64.1 Å². The van der Waals surface area contributed by atoms with Crippen LogP contribution in [0, 0.1) is 0 Å². The summed E-state index contributed by atoms with van der Waals surface area (Å²) in [5, 5.41) is 1.66. The zero-order valence-electron chi connectivity index (χ0n) is 14.7. The van der Waals surface area contributed by atoms with Crippen LogP contribution in [0.25, 0.3) is 10.2 Å². The van der Waals surface area contributed by atoms with E-state index in [0.717, 1.165) is 46.5 Å². The van der Waals surface area contributed by atoms with E-state index in [4.69, 9.17) is 11.6 Å². The lowest BCUT2D eigenvalue weighted by Crippen LogP contribution is -2.43. The van der Waals surface area contributed by atoms with E-state index in [1.165, 1.54) is 0 Å². The highest BCUT2D eigenvalue weighted by molar-refractivity contribution is 7.18. The van der Waals surface area contributed by atoms with Crippen LogP contribution >= 0.6 is 22.9 Å². The molecule has 1 aromatic heterocycles. The molecule has 3 aromatic rings. The molecule has 1 aliphatic rings. The van der Waals surface area contributed by atoms with E-state index in [1.807, 2.05) is 54.4 Å². The van der Waals surface area contributed by atoms with Crippen LogP contribution in [0.4, 0.5) is 0 Å². The maximum atomic E-state index is 13.5. The SMILES string of the molecule is CN(Cc1nc2ccccc2s1)C(=O)C1(c2cccc(Cl)c2)CCCC1. The summed E-state index contributed by atoms with van der Waals surface area (Å²) in [4.78, 5) is 20.0. The Kier molecular flexibility index (Phi) is 4.72. The molecule has 5 heteroatoms. The predicted octanol–water partition coefficient (Wildman–Crippen LogP) is 5.42. The first-order valence-electron chi connectivity index (χ1n) is 8.94. The van der Waals surface area contributed by atoms with E-state index in [0.29, 0.717) is 11.6 Å². The number of likely N-dealkylation sites (N-methyl/N-ethyl adjacent to an activating group) is 1. The van der Waals surface area contributed by atoms with Gasteiger partial charge in [-0.15, -0.1) is 11.3 Å². The number of halogens is 1. The summed E-state index contributed by atoms with van der Waals surface area (Å²) in [6, 6.07) is 15.9. The minimum absolute atomic E-state index is 0.177. The highest BCUT2D eigenvalue weighted by Crippen LogP contribution is 2.43. The van der Waals surface area contributed by atoms with Gasteiger partial charge in [0, 0.05) is 12.1 Å². The summed E-state index contributed by atoms with van der Waals surface area (Å²) in [6.07, 6.45) is 3.92. The number of hydrogen-bond donors (Lipinski definition) is 0. The number of rotatable bonds is 4. The van der Waals surface area contributed by atoms with Crippen molar-refractivity contribution in [1.29, 1.82) is 0 Å². The topological polar surface area (TPSA) is 33.2 Å². The van der Waals surface area contributed by atoms with Crippen molar-refractivity contribution in [2.24, 2.45) is 0 Å². The number of aromatic nitrogens is 1. The number of nitrogens with zero attached hydrogens (tertiary/aromatic N) is 2. The Balaban J connectivity index is 1.61. The molecule has 1 saturated carbocycles. The third kappa shape index (κ3) is 3.12. The fourth-order valence-electron chi connectivity index (χ4n) is 4.02. The average molecular weight is 385 g/mol. The van der Waals surface area contributed by atoms with Crippen molar-refractivity contribution in [1.82, 2.24) is 9.88 Å². The van der Waals surface area contributed by atoms with Crippen molar-refractivity contribution in [2.45, 2.75) is 37.6 Å². The van der Waals surface area contributed by atoms with Crippen molar-refractivity contribution in [2.75, 3.05) is 7.05 Å². The van der Waals surface area contributed by atoms with Crippen LogP contribution < -0.4 is 0 Å². The Morgan fingerprint density at radius 3 is 2.69 bits per heavy atom. The third-order valence-corrected chi connectivity index (χ3v) is 6.56. The zero-order chi connectivity index (χ0) is 18.1. The standard InChI is InChI=1S/C21H21ClN2OS/c1-24(14-19-23-17-9-2-3-10-18(17)26-19)20(25)21(11-4-5-12-21)15-7-6-8-16(22)13-15/h2-3,6-10,13H,4-5,11-12,14H2,1H3. The van der Waals surface area contributed by atoms with Crippen molar-refractivity contribution < 1.29 is 4.79 Å². The van der Waals surface area contributed by atoms with Gasteiger partial charge in [-0.1, -0.05) is 48.7 Å². The van der Waals surface area contributed by atoms with Crippen molar-refractivity contribution in [3.8, 4) is 0 Å². The van der Waals surface area contributed by atoms with Crippen LogP contribution in [0.15, 0.2) is 48.5 Å². The first-order chi connectivity index (χ1) is 12.6. The van der Waals surface area contributed by atoms with Crippen molar-refractivity contribution in [3.63, 3.8) is 0 Å². The van der Waals surface area contributed by atoms with E-state index < -0.39 is 5.41 Å². The number of para-hydroxylation sites is 1. The lowest BCUT2D eigenvalue weighted by atomic mass is 9.77. The van der Waals surface area contributed by atoms with Crippen molar-refractivity contribution >= 4 is 39.1 Å². The molecule has 1 aliphatic carbocycles. The third-order valence-electron chi connectivity index (χ3n) is 5.30. The fourth-order valence-corrected chi connectivity index (χ4v) is 5.23. The minimum atomic E-state index is -0.448. The highest BCUT2D eigenvalue weighted by Gasteiger charge is 2.44. The quantitative estimate of drug-likeness (QED) is 0.601. The summed E-state index contributed by atoms with van der Waals surface area (Å²) >= 11 is 7.87. The van der Waals surface area contributed by atoms with Gasteiger partial charge in [-0.25, -0.2) is 4.98 Å². The summed E-state index contributed by atoms with van der Waals surface area (Å²) < 4.78 is 1.16. The molecule has 4 rings (SSSR count). The monoisotopic (exact) mass is 384 g/mol. The van der Waals surface area contributed by atoms with E-state index in [-0.39, 0.29) is 5.91 Å². The largest absolute Gasteiger partial charge is 0.338 e. The number of benzene rings is 2. The van der Waals surface area contributed by atoms with Gasteiger partial charge in [-0.3, -0.25) is 4.79 Å². The lowest BCUT2D eigenvalue weighted by molar-refractivity contribution is -0.136. The number of hydrogen-bond acceptors (Lipinski definition) is 3. The van der Waals surface area contributed by atoms with Crippen LogP contribution in [0.5, 0.6) is 0 Å². The molecule has 1 amide bonds. The maximum Gasteiger partial charge on any atom is 0.233 e. The molecule has 0 bridgehead atoms. The number of fused-ring (bicyclic) bond motifs is 1. The lowest BCUT2D eigenvalue weighted by Gasteiger charge is -2.32. The second-order valence-corrected chi connectivity index (χ2v) is 8.59. The molecule has 0 unspecified atom stereocenters. The fraction of sp³-hybridized carbons (Fsp3) is 0.333. The van der Waals surface area contributed by atoms with Gasteiger partial charge in [0.25, 0.3) is 0 Å². The molecule has 0 atom stereocenters. The molecule has 1 heterocycles. The number of carbonyl (C=O) groups excluding carboxylic acids is 1. The molecule has 1 fully saturated rings. The number of thiazole rings is 1. The van der Waals surface area contributed by atoms with E-state index in [9.17, 15) is 4.79 Å². The van der Waals surface area contributed by atoms with Gasteiger partial charge in [0.15, 0.2) is 0 Å². The Morgan fingerprint density at radius 2 is 1.96 bits per heavy atom. The molecular weight excluding hydrogens is 364 g/mol. The summed E-state index contributed by atoms with van der Waals surface area (Å²) in [5.41, 5.74) is 1.60. The smallest absolute Gasteiger partial charge is 0.233 e.